The van der Waals surface area contributed by atoms with Crippen LogP contribution in [-0.4, -0.2) is 31.9 Å². The second kappa shape index (κ2) is 6.80. The molecule has 1 rings (SSSR count). The minimum Gasteiger partial charge on any atom is -0.497 e. The SMILES string of the molecule is COc1cccc(C(C)(CN)CNC(=O)OC(C)(C)C)c1. The Balaban J connectivity index is 2.78. The summed E-state index contributed by atoms with van der Waals surface area (Å²) in [6, 6.07) is 7.70. The van der Waals surface area contributed by atoms with Gasteiger partial charge in [-0.05, 0) is 38.5 Å². The van der Waals surface area contributed by atoms with E-state index in [4.69, 9.17) is 15.2 Å². The monoisotopic (exact) mass is 294 g/mol. The van der Waals surface area contributed by atoms with Crippen molar-refractivity contribution in [2.45, 2.75) is 38.7 Å². The standard InChI is InChI=1S/C16H26N2O3/c1-15(2,3)21-14(19)18-11-16(4,10-17)12-7-6-8-13(9-12)20-5/h6-9H,10-11,17H2,1-5H3,(H,18,19). The summed E-state index contributed by atoms with van der Waals surface area (Å²) < 4.78 is 10.5. The van der Waals surface area contributed by atoms with Crippen molar-refractivity contribution in [1.29, 1.82) is 0 Å². The number of hydrogen-bond donors (Lipinski definition) is 2. The van der Waals surface area contributed by atoms with Crippen LogP contribution in [0.25, 0.3) is 0 Å². The van der Waals surface area contributed by atoms with Crippen molar-refractivity contribution in [3.05, 3.63) is 29.8 Å². The molecule has 0 aromatic heterocycles. The second-order valence-electron chi connectivity index (χ2n) is 6.35. The Hall–Kier alpha value is -1.75. The van der Waals surface area contributed by atoms with Crippen LogP contribution in [0.4, 0.5) is 4.79 Å². The third kappa shape index (κ3) is 5.27. The van der Waals surface area contributed by atoms with Gasteiger partial charge in [0.2, 0.25) is 0 Å². The molecule has 118 valence electrons. The van der Waals surface area contributed by atoms with E-state index in [1.54, 1.807) is 7.11 Å². The zero-order chi connectivity index (χ0) is 16.1. The predicted molar refractivity (Wildman–Crippen MR) is 83.6 cm³/mol. The molecule has 21 heavy (non-hydrogen) atoms. The van der Waals surface area contributed by atoms with Gasteiger partial charge in [-0.3, -0.25) is 0 Å². The number of methoxy groups -OCH3 is 1. The van der Waals surface area contributed by atoms with E-state index in [9.17, 15) is 4.79 Å². The third-order valence-electron chi connectivity index (χ3n) is 3.24. The average Bonchev–Trinajstić information content (AvgIpc) is 2.43. The maximum absolute atomic E-state index is 11.8. The van der Waals surface area contributed by atoms with Gasteiger partial charge in [-0.1, -0.05) is 19.1 Å². The van der Waals surface area contributed by atoms with Crippen molar-refractivity contribution in [2.24, 2.45) is 5.73 Å². The van der Waals surface area contributed by atoms with Gasteiger partial charge in [0.1, 0.15) is 11.4 Å². The van der Waals surface area contributed by atoms with E-state index in [0.29, 0.717) is 13.1 Å². The number of rotatable bonds is 5. The number of nitrogens with two attached hydrogens (primary N) is 1. The van der Waals surface area contributed by atoms with Gasteiger partial charge >= 0.3 is 6.09 Å². The summed E-state index contributed by atoms with van der Waals surface area (Å²) >= 11 is 0. The highest BCUT2D eigenvalue weighted by molar-refractivity contribution is 5.67. The fourth-order valence-corrected chi connectivity index (χ4v) is 1.87. The lowest BCUT2D eigenvalue weighted by Gasteiger charge is -2.30. The van der Waals surface area contributed by atoms with Crippen LogP contribution < -0.4 is 15.8 Å². The predicted octanol–water partition coefficient (Wildman–Crippen LogP) is 2.44. The van der Waals surface area contributed by atoms with Gasteiger partial charge < -0.3 is 20.5 Å². The van der Waals surface area contributed by atoms with Gasteiger partial charge in [0.25, 0.3) is 0 Å². The summed E-state index contributed by atoms with van der Waals surface area (Å²) in [7, 11) is 1.62. The molecule has 5 heteroatoms. The Morgan fingerprint density at radius 2 is 1.95 bits per heavy atom. The number of carbonyl (C=O) groups excluding carboxylic acids is 1. The Labute approximate surface area is 126 Å². The molecule has 0 spiro atoms. The first-order chi connectivity index (χ1) is 9.70. The molecule has 1 amide bonds. The highest BCUT2D eigenvalue weighted by Gasteiger charge is 2.27. The van der Waals surface area contributed by atoms with Crippen LogP contribution in [-0.2, 0) is 10.2 Å². The fourth-order valence-electron chi connectivity index (χ4n) is 1.87. The Kier molecular flexibility index (Phi) is 5.61. The van der Waals surface area contributed by atoms with Crippen molar-refractivity contribution < 1.29 is 14.3 Å². The van der Waals surface area contributed by atoms with Gasteiger partial charge in [-0.15, -0.1) is 0 Å². The molecule has 0 aliphatic heterocycles. The largest absolute Gasteiger partial charge is 0.497 e. The van der Waals surface area contributed by atoms with Gasteiger partial charge in [-0.2, -0.15) is 0 Å². The zero-order valence-corrected chi connectivity index (χ0v) is 13.5. The molecule has 0 radical (unpaired) electrons. The van der Waals surface area contributed by atoms with E-state index in [1.165, 1.54) is 0 Å². The quantitative estimate of drug-likeness (QED) is 0.874. The maximum Gasteiger partial charge on any atom is 0.407 e. The van der Waals surface area contributed by atoms with E-state index in [2.05, 4.69) is 5.32 Å². The van der Waals surface area contributed by atoms with Gasteiger partial charge in [0.05, 0.1) is 7.11 Å². The number of ether oxygens (including phenoxy) is 2. The Bertz CT molecular complexity index is 483. The van der Waals surface area contributed by atoms with E-state index >= 15 is 0 Å². The fraction of sp³-hybridized carbons (Fsp3) is 0.562. The van der Waals surface area contributed by atoms with Crippen molar-refractivity contribution in [2.75, 3.05) is 20.2 Å². The molecule has 0 aliphatic carbocycles. The summed E-state index contributed by atoms with van der Waals surface area (Å²) in [6.45, 7) is 8.28. The van der Waals surface area contributed by atoms with Crippen molar-refractivity contribution >= 4 is 6.09 Å². The zero-order valence-electron chi connectivity index (χ0n) is 13.5. The third-order valence-corrected chi connectivity index (χ3v) is 3.24. The van der Waals surface area contributed by atoms with E-state index < -0.39 is 11.7 Å². The maximum atomic E-state index is 11.8. The van der Waals surface area contributed by atoms with Crippen LogP contribution in [0.1, 0.15) is 33.3 Å². The normalized spacial score (nSPS) is 14.2. The van der Waals surface area contributed by atoms with Crippen LogP contribution in [0.3, 0.4) is 0 Å². The Morgan fingerprint density at radius 1 is 1.29 bits per heavy atom. The number of benzene rings is 1. The van der Waals surface area contributed by atoms with E-state index in [0.717, 1.165) is 11.3 Å². The molecular weight excluding hydrogens is 268 g/mol. The molecule has 0 bridgehead atoms. The second-order valence-corrected chi connectivity index (χ2v) is 6.35. The minimum atomic E-state index is -0.515. The summed E-state index contributed by atoms with van der Waals surface area (Å²) in [6.07, 6.45) is -0.440. The number of nitrogens with one attached hydrogen (secondary N) is 1. The molecule has 0 heterocycles. The molecule has 0 fully saturated rings. The van der Waals surface area contributed by atoms with Crippen LogP contribution >= 0.6 is 0 Å². The lowest BCUT2D eigenvalue weighted by atomic mass is 9.82. The molecule has 1 aromatic rings. The number of alkyl carbamates (subject to hydrolysis) is 1. The van der Waals surface area contributed by atoms with Gasteiger partial charge in [-0.25, -0.2) is 4.79 Å². The highest BCUT2D eigenvalue weighted by atomic mass is 16.6. The molecular formula is C16H26N2O3. The van der Waals surface area contributed by atoms with Crippen molar-refractivity contribution in [3.8, 4) is 5.75 Å². The first kappa shape index (κ1) is 17.3. The van der Waals surface area contributed by atoms with Crippen LogP contribution in [0.15, 0.2) is 24.3 Å². The van der Waals surface area contributed by atoms with E-state index in [1.807, 2.05) is 52.0 Å². The van der Waals surface area contributed by atoms with Crippen LogP contribution in [0, 0.1) is 0 Å². The van der Waals surface area contributed by atoms with Crippen molar-refractivity contribution in [1.82, 2.24) is 5.32 Å². The molecule has 0 saturated carbocycles. The first-order valence-electron chi connectivity index (χ1n) is 7.02. The number of carbonyl (C=O) groups is 1. The van der Waals surface area contributed by atoms with Crippen molar-refractivity contribution in [3.63, 3.8) is 0 Å². The molecule has 3 N–H and O–H groups in total. The van der Waals surface area contributed by atoms with Crippen LogP contribution in [0.5, 0.6) is 5.75 Å². The molecule has 1 unspecified atom stereocenters. The molecule has 0 aliphatic rings. The van der Waals surface area contributed by atoms with Crippen LogP contribution in [0.2, 0.25) is 0 Å². The lowest BCUT2D eigenvalue weighted by Crippen LogP contribution is -2.45. The Morgan fingerprint density at radius 3 is 2.48 bits per heavy atom. The molecule has 5 nitrogen and oxygen atoms in total. The molecule has 1 aromatic carbocycles. The number of hydrogen-bond acceptors (Lipinski definition) is 4. The summed E-state index contributed by atoms with van der Waals surface area (Å²) in [5.74, 6) is 0.768. The summed E-state index contributed by atoms with van der Waals surface area (Å²) in [5.41, 5.74) is 6.03. The first-order valence-corrected chi connectivity index (χ1v) is 7.02. The lowest BCUT2D eigenvalue weighted by molar-refractivity contribution is 0.0516. The number of amides is 1. The highest BCUT2D eigenvalue weighted by Crippen LogP contribution is 2.25. The molecule has 0 saturated heterocycles. The van der Waals surface area contributed by atoms with Gasteiger partial charge in [0, 0.05) is 18.5 Å². The van der Waals surface area contributed by atoms with Gasteiger partial charge in [0.15, 0.2) is 0 Å². The summed E-state index contributed by atoms with van der Waals surface area (Å²) in [5, 5.41) is 2.78. The topological polar surface area (TPSA) is 73.6 Å². The smallest absolute Gasteiger partial charge is 0.407 e. The average molecular weight is 294 g/mol. The molecule has 1 atom stereocenters. The minimum absolute atomic E-state index is 0.383. The van der Waals surface area contributed by atoms with E-state index in [-0.39, 0.29) is 5.41 Å². The summed E-state index contributed by atoms with van der Waals surface area (Å²) in [4.78, 5) is 11.8.